The minimum absolute atomic E-state index is 0.131. The molecule has 1 heterocycles. The summed E-state index contributed by atoms with van der Waals surface area (Å²) in [4.78, 5) is 41.0. The van der Waals surface area contributed by atoms with Crippen LogP contribution >= 0.6 is 0 Å². The number of carbonyl (C=O) groups is 3. The summed E-state index contributed by atoms with van der Waals surface area (Å²) in [6, 6.07) is 6.44. The third-order valence-corrected chi connectivity index (χ3v) is 3.87. The fourth-order valence-corrected chi connectivity index (χ4v) is 2.86. The van der Waals surface area contributed by atoms with E-state index in [9.17, 15) is 14.4 Å². The molecular formula is C15H15NO4. The Kier molecular flexibility index (Phi) is 2.67. The Morgan fingerprint density at radius 3 is 2.10 bits per heavy atom. The average Bonchev–Trinajstić information content (AvgIpc) is 2.62. The summed E-state index contributed by atoms with van der Waals surface area (Å²) in [6.07, 6.45) is 1.43. The van der Waals surface area contributed by atoms with Crippen molar-refractivity contribution in [1.82, 2.24) is 5.06 Å². The molecule has 0 spiro atoms. The Morgan fingerprint density at radius 2 is 1.65 bits per heavy atom. The molecule has 5 nitrogen and oxygen atoms in total. The molecular weight excluding hydrogens is 258 g/mol. The fourth-order valence-electron chi connectivity index (χ4n) is 2.86. The average molecular weight is 273 g/mol. The second kappa shape index (κ2) is 4.16. The summed E-state index contributed by atoms with van der Waals surface area (Å²) >= 11 is 0. The number of fused-ring (bicyclic) bond motifs is 1. The van der Waals surface area contributed by atoms with Gasteiger partial charge in [0.1, 0.15) is 0 Å². The highest BCUT2D eigenvalue weighted by Gasteiger charge is 2.45. The molecule has 1 aliphatic carbocycles. The molecule has 1 fully saturated rings. The predicted octanol–water partition coefficient (Wildman–Crippen LogP) is 2.18. The van der Waals surface area contributed by atoms with Gasteiger partial charge in [-0.2, -0.15) is 0 Å². The maximum absolute atomic E-state index is 12.0. The highest BCUT2D eigenvalue weighted by atomic mass is 16.7. The number of amides is 2. The highest BCUT2D eigenvalue weighted by molar-refractivity contribution is 6.20. The van der Waals surface area contributed by atoms with Crippen molar-refractivity contribution in [3.63, 3.8) is 0 Å². The standard InChI is InChI=1S/C15H15NO4/c1-15(2)7-9(8-15)14(19)20-16-12(17)10-5-3-4-6-11(10)13(16)18/h3-6,9H,7-8H2,1-2H3. The first-order valence-corrected chi connectivity index (χ1v) is 6.59. The molecule has 0 atom stereocenters. The SMILES string of the molecule is CC1(C)CC(C(=O)ON2C(=O)c3ccccc3C2=O)C1. The molecule has 1 aromatic carbocycles. The maximum atomic E-state index is 12.0. The lowest BCUT2D eigenvalue weighted by Gasteiger charge is -2.40. The molecule has 0 N–H and O–H groups in total. The summed E-state index contributed by atoms with van der Waals surface area (Å²) in [5.74, 6) is -1.87. The van der Waals surface area contributed by atoms with Crippen LogP contribution in [0, 0.1) is 11.3 Å². The van der Waals surface area contributed by atoms with Crippen molar-refractivity contribution in [3.8, 4) is 0 Å². The van der Waals surface area contributed by atoms with Gasteiger partial charge in [-0.1, -0.05) is 31.0 Å². The number of nitrogens with zero attached hydrogens (tertiary/aromatic N) is 1. The quantitative estimate of drug-likeness (QED) is 0.775. The molecule has 0 saturated heterocycles. The van der Waals surface area contributed by atoms with Gasteiger partial charge in [0.15, 0.2) is 0 Å². The van der Waals surface area contributed by atoms with E-state index in [2.05, 4.69) is 13.8 Å². The third-order valence-electron chi connectivity index (χ3n) is 3.87. The number of hydrogen-bond acceptors (Lipinski definition) is 4. The van der Waals surface area contributed by atoms with Crippen molar-refractivity contribution in [2.45, 2.75) is 26.7 Å². The van der Waals surface area contributed by atoms with Crippen LogP contribution in [0.4, 0.5) is 0 Å². The molecule has 20 heavy (non-hydrogen) atoms. The Morgan fingerprint density at radius 1 is 1.15 bits per heavy atom. The van der Waals surface area contributed by atoms with Gasteiger partial charge < -0.3 is 4.84 Å². The molecule has 3 rings (SSSR count). The number of carbonyl (C=O) groups excluding carboxylic acids is 3. The van der Waals surface area contributed by atoms with Crippen molar-refractivity contribution >= 4 is 17.8 Å². The molecule has 104 valence electrons. The molecule has 2 amide bonds. The van der Waals surface area contributed by atoms with Crippen LogP contribution in [0.1, 0.15) is 47.4 Å². The monoisotopic (exact) mass is 273 g/mol. The van der Waals surface area contributed by atoms with Gasteiger partial charge in [-0.25, -0.2) is 4.79 Å². The van der Waals surface area contributed by atoms with E-state index in [0.717, 1.165) is 12.8 Å². The van der Waals surface area contributed by atoms with Gasteiger partial charge in [0, 0.05) is 0 Å². The molecule has 0 radical (unpaired) electrons. The first-order valence-electron chi connectivity index (χ1n) is 6.59. The van der Waals surface area contributed by atoms with Crippen molar-refractivity contribution in [2.75, 3.05) is 0 Å². The zero-order valence-corrected chi connectivity index (χ0v) is 11.4. The topological polar surface area (TPSA) is 63.7 Å². The van der Waals surface area contributed by atoms with Crippen molar-refractivity contribution in [2.24, 2.45) is 11.3 Å². The summed E-state index contributed by atoms with van der Waals surface area (Å²) in [5, 5.41) is 0.582. The van der Waals surface area contributed by atoms with Gasteiger partial charge >= 0.3 is 5.97 Å². The van der Waals surface area contributed by atoms with Crippen LogP contribution < -0.4 is 0 Å². The molecule has 0 aromatic heterocycles. The van der Waals surface area contributed by atoms with Gasteiger partial charge in [-0.05, 0) is 30.4 Å². The first kappa shape index (κ1) is 12.8. The Balaban J connectivity index is 1.73. The zero-order valence-electron chi connectivity index (χ0n) is 11.4. The van der Waals surface area contributed by atoms with Gasteiger partial charge in [-0.15, -0.1) is 0 Å². The first-order chi connectivity index (χ1) is 9.39. The van der Waals surface area contributed by atoms with Crippen LogP contribution in [-0.4, -0.2) is 22.8 Å². The Labute approximate surface area is 116 Å². The molecule has 0 unspecified atom stereocenters. The molecule has 1 saturated carbocycles. The van der Waals surface area contributed by atoms with E-state index < -0.39 is 17.8 Å². The number of rotatable bonds is 2. The van der Waals surface area contributed by atoms with Gasteiger partial charge in [-0.3, -0.25) is 9.59 Å². The van der Waals surface area contributed by atoms with Crippen LogP contribution in [0.5, 0.6) is 0 Å². The second-order valence-electron chi connectivity index (χ2n) is 6.13. The third kappa shape index (κ3) is 1.90. The lowest BCUT2D eigenvalue weighted by molar-refractivity contribution is -0.180. The van der Waals surface area contributed by atoms with Crippen LogP contribution in [0.3, 0.4) is 0 Å². The van der Waals surface area contributed by atoms with Crippen molar-refractivity contribution in [3.05, 3.63) is 35.4 Å². The summed E-state index contributed by atoms with van der Waals surface area (Å²) < 4.78 is 0. The van der Waals surface area contributed by atoms with E-state index in [1.54, 1.807) is 24.3 Å². The van der Waals surface area contributed by atoms with Gasteiger partial charge in [0.25, 0.3) is 11.8 Å². The van der Waals surface area contributed by atoms with E-state index in [-0.39, 0.29) is 22.5 Å². The minimum atomic E-state index is -0.572. The maximum Gasteiger partial charge on any atom is 0.336 e. The number of imide groups is 1. The molecule has 1 aromatic rings. The largest absolute Gasteiger partial charge is 0.336 e. The number of hydrogen-bond donors (Lipinski definition) is 0. The smallest absolute Gasteiger partial charge is 0.329 e. The van der Waals surface area contributed by atoms with E-state index in [0.29, 0.717) is 5.06 Å². The minimum Gasteiger partial charge on any atom is -0.329 e. The summed E-state index contributed by atoms with van der Waals surface area (Å²) in [5.41, 5.74) is 0.685. The second-order valence-corrected chi connectivity index (χ2v) is 6.13. The van der Waals surface area contributed by atoms with E-state index in [4.69, 9.17) is 4.84 Å². The molecule has 0 bridgehead atoms. The molecule has 2 aliphatic rings. The Hall–Kier alpha value is -2.17. The molecule has 1 aliphatic heterocycles. The summed E-state index contributed by atoms with van der Waals surface area (Å²) in [7, 11) is 0. The number of hydroxylamine groups is 2. The van der Waals surface area contributed by atoms with E-state index in [1.165, 1.54) is 0 Å². The zero-order chi connectivity index (χ0) is 14.5. The Bertz CT molecular complexity index is 577. The highest BCUT2D eigenvalue weighted by Crippen LogP contribution is 2.45. The molecule has 5 heteroatoms. The number of benzene rings is 1. The van der Waals surface area contributed by atoms with Crippen LogP contribution in [0.25, 0.3) is 0 Å². The van der Waals surface area contributed by atoms with Gasteiger partial charge in [0.05, 0.1) is 17.0 Å². The van der Waals surface area contributed by atoms with Crippen LogP contribution in [0.2, 0.25) is 0 Å². The van der Waals surface area contributed by atoms with Crippen molar-refractivity contribution < 1.29 is 19.2 Å². The normalized spacial score (nSPS) is 20.6. The van der Waals surface area contributed by atoms with E-state index in [1.807, 2.05) is 0 Å². The van der Waals surface area contributed by atoms with E-state index >= 15 is 0 Å². The van der Waals surface area contributed by atoms with Crippen LogP contribution in [-0.2, 0) is 9.63 Å². The fraction of sp³-hybridized carbons (Fsp3) is 0.400. The van der Waals surface area contributed by atoms with Crippen LogP contribution in [0.15, 0.2) is 24.3 Å². The predicted molar refractivity (Wildman–Crippen MR) is 69.5 cm³/mol. The lowest BCUT2D eigenvalue weighted by Crippen LogP contribution is -2.42. The van der Waals surface area contributed by atoms with Gasteiger partial charge in [0.2, 0.25) is 0 Å². The van der Waals surface area contributed by atoms with Crippen molar-refractivity contribution in [1.29, 1.82) is 0 Å². The lowest BCUT2D eigenvalue weighted by atomic mass is 9.64. The summed E-state index contributed by atoms with van der Waals surface area (Å²) in [6.45, 7) is 4.14.